The van der Waals surface area contributed by atoms with E-state index < -0.39 is 0 Å². The normalized spacial score (nSPS) is 14.9. The van der Waals surface area contributed by atoms with Gasteiger partial charge < -0.3 is 29.2 Å². The molecule has 0 bridgehead atoms. The van der Waals surface area contributed by atoms with Gasteiger partial charge in [-0.15, -0.1) is 10.2 Å². The van der Waals surface area contributed by atoms with Crippen LogP contribution >= 0.6 is 0 Å². The number of aliphatic imine (C=N–C) groups is 1. The van der Waals surface area contributed by atoms with Gasteiger partial charge in [0.25, 0.3) is 0 Å². The number of ether oxygens (including phenoxy) is 2. The Hall–Kier alpha value is -2.81. The molecule has 9 heteroatoms. The van der Waals surface area contributed by atoms with Crippen molar-refractivity contribution in [1.82, 2.24) is 25.0 Å². The lowest BCUT2D eigenvalue weighted by atomic mass is 10.2. The Bertz CT molecular complexity index is 829. The molecule has 30 heavy (non-hydrogen) atoms. The van der Waals surface area contributed by atoms with Gasteiger partial charge in [-0.3, -0.25) is 0 Å². The van der Waals surface area contributed by atoms with Crippen LogP contribution in [0.15, 0.2) is 29.3 Å². The molecule has 2 aromatic rings. The molecule has 0 unspecified atom stereocenters. The molecule has 0 saturated carbocycles. The van der Waals surface area contributed by atoms with E-state index in [1.165, 1.54) is 5.69 Å². The highest BCUT2D eigenvalue weighted by Crippen LogP contribution is 2.22. The molecule has 1 aromatic carbocycles. The van der Waals surface area contributed by atoms with E-state index in [2.05, 4.69) is 37.4 Å². The van der Waals surface area contributed by atoms with Gasteiger partial charge in [0.15, 0.2) is 11.8 Å². The quantitative estimate of drug-likeness (QED) is 0.397. The molecule has 0 atom stereocenters. The molecule has 1 saturated heterocycles. The van der Waals surface area contributed by atoms with Crippen molar-refractivity contribution in [2.24, 2.45) is 12.0 Å². The first kappa shape index (κ1) is 21.9. The van der Waals surface area contributed by atoms with Crippen molar-refractivity contribution >= 4 is 11.6 Å². The Kier molecular flexibility index (Phi) is 7.89. The fraction of sp³-hybridized carbons (Fsp3) is 0.571. The van der Waals surface area contributed by atoms with Crippen molar-refractivity contribution in [2.75, 3.05) is 58.5 Å². The summed E-state index contributed by atoms with van der Waals surface area (Å²) in [7, 11) is 5.40. The van der Waals surface area contributed by atoms with Crippen LogP contribution in [0.25, 0.3) is 0 Å². The largest absolute Gasteiger partial charge is 0.497 e. The Balaban J connectivity index is 1.64. The number of methoxy groups -OCH3 is 2. The smallest absolute Gasteiger partial charge is 0.194 e. The lowest BCUT2D eigenvalue weighted by molar-refractivity contribution is 0.195. The predicted molar refractivity (Wildman–Crippen MR) is 118 cm³/mol. The summed E-state index contributed by atoms with van der Waals surface area (Å²) in [5, 5.41) is 11.9. The first-order chi connectivity index (χ1) is 14.6. The van der Waals surface area contributed by atoms with Gasteiger partial charge in [-0.2, -0.15) is 0 Å². The molecule has 2 heterocycles. The second-order valence-electron chi connectivity index (χ2n) is 7.31. The fourth-order valence-corrected chi connectivity index (χ4v) is 3.40. The van der Waals surface area contributed by atoms with Crippen LogP contribution in [0.4, 0.5) is 5.69 Å². The molecular formula is C21H33N7O2. The second-order valence-corrected chi connectivity index (χ2v) is 7.31. The summed E-state index contributed by atoms with van der Waals surface area (Å²) in [6.07, 6.45) is 0.933. The number of benzene rings is 1. The van der Waals surface area contributed by atoms with Gasteiger partial charge in [-0.05, 0) is 25.5 Å². The van der Waals surface area contributed by atoms with Crippen LogP contribution in [0.5, 0.6) is 5.75 Å². The third-order valence-electron chi connectivity index (χ3n) is 5.36. The van der Waals surface area contributed by atoms with Crippen molar-refractivity contribution in [3.05, 3.63) is 35.9 Å². The Morgan fingerprint density at radius 1 is 1.17 bits per heavy atom. The summed E-state index contributed by atoms with van der Waals surface area (Å²) in [5.74, 6) is 3.55. The highest BCUT2D eigenvalue weighted by molar-refractivity contribution is 5.80. The van der Waals surface area contributed by atoms with Crippen molar-refractivity contribution in [3.63, 3.8) is 0 Å². The van der Waals surface area contributed by atoms with E-state index >= 15 is 0 Å². The average molecular weight is 416 g/mol. The first-order valence-corrected chi connectivity index (χ1v) is 10.4. The maximum atomic E-state index is 5.37. The van der Waals surface area contributed by atoms with Crippen LogP contribution in [-0.2, 0) is 18.3 Å². The average Bonchev–Trinajstić information content (AvgIpc) is 3.11. The van der Waals surface area contributed by atoms with E-state index in [1.54, 1.807) is 14.2 Å². The van der Waals surface area contributed by atoms with E-state index in [0.717, 1.165) is 69.1 Å². The third kappa shape index (κ3) is 5.63. The fourth-order valence-electron chi connectivity index (χ4n) is 3.40. The van der Waals surface area contributed by atoms with Crippen LogP contribution < -0.4 is 15.0 Å². The van der Waals surface area contributed by atoms with Crippen molar-refractivity contribution in [3.8, 4) is 5.75 Å². The highest BCUT2D eigenvalue weighted by atomic mass is 16.5. The van der Waals surface area contributed by atoms with Crippen molar-refractivity contribution in [2.45, 2.75) is 19.9 Å². The molecule has 0 amide bonds. The molecule has 1 fully saturated rings. The van der Waals surface area contributed by atoms with E-state index in [9.17, 15) is 0 Å². The van der Waals surface area contributed by atoms with Gasteiger partial charge in [0.05, 0.1) is 7.11 Å². The highest BCUT2D eigenvalue weighted by Gasteiger charge is 2.20. The number of nitrogens with zero attached hydrogens (tertiary/aromatic N) is 6. The lowest BCUT2D eigenvalue weighted by Gasteiger charge is -2.37. The van der Waals surface area contributed by atoms with Crippen LogP contribution in [-0.4, -0.2) is 79.2 Å². The van der Waals surface area contributed by atoms with Gasteiger partial charge in [0.2, 0.25) is 0 Å². The van der Waals surface area contributed by atoms with Gasteiger partial charge in [-0.1, -0.05) is 6.07 Å². The topological polar surface area (TPSA) is 80.0 Å². The zero-order valence-corrected chi connectivity index (χ0v) is 18.5. The SMILES string of the molecule is COCCCNC(=NCc1nnc(C)n1C)N1CCN(c2cccc(OC)c2)CC1. The second kappa shape index (κ2) is 10.8. The van der Waals surface area contributed by atoms with Crippen LogP contribution in [0.3, 0.4) is 0 Å². The number of aromatic nitrogens is 3. The molecule has 1 aliphatic rings. The minimum Gasteiger partial charge on any atom is -0.497 e. The number of hydrogen-bond donors (Lipinski definition) is 1. The summed E-state index contributed by atoms with van der Waals surface area (Å²) in [6, 6.07) is 8.23. The van der Waals surface area contributed by atoms with Crippen molar-refractivity contribution < 1.29 is 9.47 Å². The summed E-state index contributed by atoms with van der Waals surface area (Å²) in [5.41, 5.74) is 1.19. The molecule has 164 valence electrons. The first-order valence-electron chi connectivity index (χ1n) is 10.4. The Morgan fingerprint density at radius 3 is 2.63 bits per heavy atom. The number of anilines is 1. The summed E-state index contributed by atoms with van der Waals surface area (Å²) < 4.78 is 12.5. The van der Waals surface area contributed by atoms with E-state index in [1.807, 2.05) is 30.7 Å². The van der Waals surface area contributed by atoms with Gasteiger partial charge in [0.1, 0.15) is 18.1 Å². The number of guanidine groups is 1. The molecule has 0 aliphatic carbocycles. The third-order valence-corrected chi connectivity index (χ3v) is 5.36. The number of aryl methyl sites for hydroxylation is 1. The number of rotatable bonds is 8. The summed E-state index contributed by atoms with van der Waals surface area (Å²) in [6.45, 7) is 7.63. The monoisotopic (exact) mass is 415 g/mol. The molecule has 0 radical (unpaired) electrons. The maximum absolute atomic E-state index is 5.37. The van der Waals surface area contributed by atoms with Gasteiger partial charge in [-0.25, -0.2) is 4.99 Å². The number of hydrogen-bond acceptors (Lipinski definition) is 6. The van der Waals surface area contributed by atoms with Crippen LogP contribution in [0, 0.1) is 6.92 Å². The zero-order chi connectivity index (χ0) is 21.3. The number of piperazine rings is 1. The zero-order valence-electron chi connectivity index (χ0n) is 18.5. The van der Waals surface area contributed by atoms with E-state index in [-0.39, 0.29) is 0 Å². The van der Waals surface area contributed by atoms with E-state index in [4.69, 9.17) is 14.5 Å². The van der Waals surface area contributed by atoms with Crippen LogP contribution in [0.1, 0.15) is 18.1 Å². The minimum absolute atomic E-state index is 0.500. The van der Waals surface area contributed by atoms with E-state index in [0.29, 0.717) is 6.54 Å². The van der Waals surface area contributed by atoms with Gasteiger partial charge >= 0.3 is 0 Å². The standard InChI is InChI=1S/C21H33N7O2/c1-17-24-25-20(26(17)2)16-23-21(22-9-6-14-29-3)28-12-10-27(11-13-28)18-7-5-8-19(15-18)30-4/h5,7-8,15H,6,9-14,16H2,1-4H3,(H,22,23). The maximum Gasteiger partial charge on any atom is 0.194 e. The molecule has 1 N–H and O–H groups in total. The molecule has 1 aromatic heterocycles. The molecule has 3 rings (SSSR count). The molecule has 0 spiro atoms. The predicted octanol–water partition coefficient (Wildman–Crippen LogP) is 1.44. The Labute approximate surface area is 178 Å². The molecule has 1 aliphatic heterocycles. The van der Waals surface area contributed by atoms with Crippen LogP contribution in [0.2, 0.25) is 0 Å². The molecular weight excluding hydrogens is 382 g/mol. The summed E-state index contributed by atoms with van der Waals surface area (Å²) >= 11 is 0. The molecule has 9 nitrogen and oxygen atoms in total. The Morgan fingerprint density at radius 2 is 1.97 bits per heavy atom. The minimum atomic E-state index is 0.500. The van der Waals surface area contributed by atoms with Crippen molar-refractivity contribution in [1.29, 1.82) is 0 Å². The number of nitrogens with one attached hydrogen (secondary N) is 1. The van der Waals surface area contributed by atoms with Gasteiger partial charge in [0, 0.05) is 65.2 Å². The lowest BCUT2D eigenvalue weighted by Crippen LogP contribution is -2.52. The summed E-state index contributed by atoms with van der Waals surface area (Å²) in [4.78, 5) is 9.54.